The van der Waals surface area contributed by atoms with Gasteiger partial charge in [0.25, 0.3) is 5.91 Å². The summed E-state index contributed by atoms with van der Waals surface area (Å²) in [7, 11) is 1.57. The zero-order valence-electron chi connectivity index (χ0n) is 16.8. The molecule has 0 aliphatic rings. The van der Waals surface area contributed by atoms with E-state index in [1.54, 1.807) is 60.7 Å². The summed E-state index contributed by atoms with van der Waals surface area (Å²) in [4.78, 5) is 29.7. The lowest BCUT2D eigenvalue weighted by Crippen LogP contribution is -2.44. The SMILES string of the molecule is COc1ccc(C(=O)NC(CCSC)C(=O)Nc2ccc(-c3nccs3)cc2)cc1. The number of nitrogens with one attached hydrogen (secondary N) is 2. The molecule has 0 radical (unpaired) electrons. The van der Waals surface area contributed by atoms with E-state index in [1.807, 2.05) is 35.9 Å². The van der Waals surface area contributed by atoms with E-state index in [1.165, 1.54) is 0 Å². The first-order chi connectivity index (χ1) is 14.6. The number of aromatic nitrogens is 1. The van der Waals surface area contributed by atoms with Crippen LogP contribution in [0.4, 0.5) is 5.69 Å². The summed E-state index contributed by atoms with van der Waals surface area (Å²) in [6.45, 7) is 0. The Balaban J connectivity index is 1.66. The number of carbonyl (C=O) groups excluding carboxylic acids is 2. The van der Waals surface area contributed by atoms with Gasteiger partial charge in [-0.3, -0.25) is 9.59 Å². The molecular weight excluding hydrogens is 418 g/mol. The topological polar surface area (TPSA) is 80.3 Å². The quantitative estimate of drug-likeness (QED) is 0.517. The summed E-state index contributed by atoms with van der Waals surface area (Å²) < 4.78 is 5.12. The summed E-state index contributed by atoms with van der Waals surface area (Å²) in [5.74, 6) is 0.889. The van der Waals surface area contributed by atoms with Crippen LogP contribution in [0.3, 0.4) is 0 Å². The number of thiazole rings is 1. The maximum atomic E-state index is 12.8. The highest BCUT2D eigenvalue weighted by Gasteiger charge is 2.21. The molecule has 2 N–H and O–H groups in total. The number of benzene rings is 2. The fourth-order valence-corrected chi connectivity index (χ4v) is 3.90. The van der Waals surface area contributed by atoms with Crippen LogP contribution in [0.15, 0.2) is 60.1 Å². The maximum absolute atomic E-state index is 12.8. The fraction of sp³-hybridized carbons (Fsp3) is 0.227. The lowest BCUT2D eigenvalue weighted by atomic mass is 10.1. The smallest absolute Gasteiger partial charge is 0.251 e. The molecule has 0 saturated heterocycles. The van der Waals surface area contributed by atoms with E-state index in [0.717, 1.165) is 16.3 Å². The molecule has 1 aromatic heterocycles. The zero-order valence-corrected chi connectivity index (χ0v) is 18.4. The predicted octanol–water partition coefficient (Wildman–Crippen LogP) is 4.31. The van der Waals surface area contributed by atoms with Crippen LogP contribution in [-0.2, 0) is 4.79 Å². The third-order valence-corrected chi connectivity index (χ3v) is 5.88. The Morgan fingerprint density at radius 2 is 1.87 bits per heavy atom. The van der Waals surface area contributed by atoms with Crippen molar-refractivity contribution in [3.63, 3.8) is 0 Å². The summed E-state index contributed by atoms with van der Waals surface area (Å²) >= 11 is 3.19. The molecule has 2 amide bonds. The summed E-state index contributed by atoms with van der Waals surface area (Å²) in [5, 5.41) is 8.60. The molecule has 0 fully saturated rings. The lowest BCUT2D eigenvalue weighted by molar-refractivity contribution is -0.118. The van der Waals surface area contributed by atoms with Crippen molar-refractivity contribution < 1.29 is 14.3 Å². The molecule has 0 aliphatic heterocycles. The predicted molar refractivity (Wildman–Crippen MR) is 123 cm³/mol. The van der Waals surface area contributed by atoms with Crippen LogP contribution in [-0.4, -0.2) is 42.0 Å². The number of methoxy groups -OCH3 is 1. The standard InChI is InChI=1S/C22H23N3O3S2/c1-28-18-9-5-15(6-10-18)20(26)25-19(11-13-29-2)21(27)24-17-7-3-16(4-8-17)22-23-12-14-30-22/h3-10,12,14,19H,11,13H2,1-2H3,(H,24,27)(H,25,26). The summed E-state index contributed by atoms with van der Waals surface area (Å²) in [6, 6.07) is 13.7. The van der Waals surface area contributed by atoms with Gasteiger partial charge in [-0.1, -0.05) is 0 Å². The molecule has 0 aliphatic carbocycles. The molecular formula is C22H23N3O3S2. The Bertz CT molecular complexity index is 958. The van der Waals surface area contributed by atoms with E-state index in [4.69, 9.17) is 4.74 Å². The van der Waals surface area contributed by atoms with Gasteiger partial charge in [0.05, 0.1) is 7.11 Å². The van der Waals surface area contributed by atoms with Gasteiger partial charge < -0.3 is 15.4 Å². The zero-order chi connectivity index (χ0) is 21.3. The van der Waals surface area contributed by atoms with E-state index in [0.29, 0.717) is 23.4 Å². The minimum Gasteiger partial charge on any atom is -0.497 e. The molecule has 1 unspecified atom stereocenters. The summed E-state index contributed by atoms with van der Waals surface area (Å²) in [5.41, 5.74) is 2.15. The van der Waals surface area contributed by atoms with Gasteiger partial charge >= 0.3 is 0 Å². The van der Waals surface area contributed by atoms with Crippen LogP contribution < -0.4 is 15.4 Å². The Hall–Kier alpha value is -2.84. The molecule has 6 nitrogen and oxygen atoms in total. The Morgan fingerprint density at radius 3 is 2.47 bits per heavy atom. The van der Waals surface area contributed by atoms with E-state index in [9.17, 15) is 9.59 Å². The van der Waals surface area contributed by atoms with Crippen molar-refractivity contribution in [2.75, 3.05) is 24.4 Å². The number of ether oxygens (including phenoxy) is 1. The first-order valence-electron chi connectivity index (χ1n) is 9.35. The van der Waals surface area contributed by atoms with Gasteiger partial charge in [0.1, 0.15) is 16.8 Å². The highest BCUT2D eigenvalue weighted by molar-refractivity contribution is 7.98. The average molecular weight is 442 g/mol. The Kier molecular flexibility index (Phi) is 7.87. The van der Waals surface area contributed by atoms with Gasteiger partial charge in [-0.25, -0.2) is 4.98 Å². The van der Waals surface area contributed by atoms with Crippen LogP contribution >= 0.6 is 23.1 Å². The molecule has 1 atom stereocenters. The van der Waals surface area contributed by atoms with E-state index < -0.39 is 6.04 Å². The number of hydrogen-bond acceptors (Lipinski definition) is 6. The molecule has 0 spiro atoms. The van der Waals surface area contributed by atoms with Crippen molar-refractivity contribution >= 4 is 40.6 Å². The number of carbonyl (C=O) groups is 2. The maximum Gasteiger partial charge on any atom is 0.251 e. The second kappa shape index (κ2) is 10.8. The number of nitrogens with zero attached hydrogens (tertiary/aromatic N) is 1. The number of rotatable bonds is 9. The average Bonchev–Trinajstić information content (AvgIpc) is 3.32. The third-order valence-electron chi connectivity index (χ3n) is 4.42. The van der Waals surface area contributed by atoms with Crippen LogP contribution in [0.25, 0.3) is 10.6 Å². The van der Waals surface area contributed by atoms with Crippen LogP contribution in [0, 0.1) is 0 Å². The van der Waals surface area contributed by atoms with Gasteiger partial charge in [0.15, 0.2) is 0 Å². The second-order valence-electron chi connectivity index (χ2n) is 6.44. The lowest BCUT2D eigenvalue weighted by Gasteiger charge is -2.18. The van der Waals surface area contributed by atoms with Gasteiger partial charge in [-0.2, -0.15) is 11.8 Å². The van der Waals surface area contributed by atoms with Gasteiger partial charge in [-0.05, 0) is 67.0 Å². The van der Waals surface area contributed by atoms with E-state index >= 15 is 0 Å². The van der Waals surface area contributed by atoms with E-state index in [2.05, 4.69) is 15.6 Å². The normalized spacial score (nSPS) is 11.5. The highest BCUT2D eigenvalue weighted by Crippen LogP contribution is 2.23. The minimum atomic E-state index is -0.634. The van der Waals surface area contributed by atoms with Crippen molar-refractivity contribution in [1.82, 2.24) is 10.3 Å². The molecule has 156 valence electrons. The molecule has 30 heavy (non-hydrogen) atoms. The molecule has 3 aromatic rings. The van der Waals surface area contributed by atoms with E-state index in [-0.39, 0.29) is 11.8 Å². The second-order valence-corrected chi connectivity index (χ2v) is 8.32. The van der Waals surface area contributed by atoms with Crippen molar-refractivity contribution in [2.45, 2.75) is 12.5 Å². The first-order valence-corrected chi connectivity index (χ1v) is 11.6. The molecule has 2 aromatic carbocycles. The first kappa shape index (κ1) is 21.9. The number of hydrogen-bond donors (Lipinski definition) is 2. The largest absolute Gasteiger partial charge is 0.497 e. The van der Waals surface area contributed by atoms with Crippen molar-refractivity contribution in [3.05, 3.63) is 65.7 Å². The van der Waals surface area contributed by atoms with Crippen LogP contribution in [0.5, 0.6) is 5.75 Å². The molecule has 3 rings (SSSR count). The Morgan fingerprint density at radius 1 is 1.13 bits per heavy atom. The van der Waals surface area contributed by atoms with Crippen molar-refractivity contribution in [3.8, 4) is 16.3 Å². The molecule has 1 heterocycles. The van der Waals surface area contributed by atoms with Gasteiger partial charge in [0, 0.05) is 28.4 Å². The van der Waals surface area contributed by atoms with Crippen molar-refractivity contribution in [2.24, 2.45) is 0 Å². The Labute approximate surface area is 184 Å². The number of amides is 2. The molecule has 8 heteroatoms. The number of thioether (sulfide) groups is 1. The van der Waals surface area contributed by atoms with Gasteiger partial charge in [0.2, 0.25) is 5.91 Å². The van der Waals surface area contributed by atoms with Crippen LogP contribution in [0.1, 0.15) is 16.8 Å². The highest BCUT2D eigenvalue weighted by atomic mass is 32.2. The van der Waals surface area contributed by atoms with Crippen molar-refractivity contribution in [1.29, 1.82) is 0 Å². The monoisotopic (exact) mass is 441 g/mol. The van der Waals surface area contributed by atoms with Gasteiger partial charge in [-0.15, -0.1) is 11.3 Å². The minimum absolute atomic E-state index is 0.243. The third kappa shape index (κ3) is 5.84. The van der Waals surface area contributed by atoms with Crippen LogP contribution in [0.2, 0.25) is 0 Å². The summed E-state index contributed by atoms with van der Waals surface area (Å²) in [6.07, 6.45) is 4.27. The number of anilines is 1. The molecule has 0 bridgehead atoms. The fourth-order valence-electron chi connectivity index (χ4n) is 2.78. The molecule has 0 saturated carbocycles.